The molecule has 7 heteroatoms. The minimum Gasteiger partial charge on any atom is -0.494 e. The standard InChI is InChI=1S/C18H18FNO5/c1-2-23-13-7-9-14(10-8-13)24-12-18(22)25-11-17(21)20-16-6-4-3-5-15(16)19/h3-10H,2,11-12H2,1H3,(H,20,21). The number of nitrogens with one attached hydrogen (secondary N) is 1. The summed E-state index contributed by atoms with van der Waals surface area (Å²) in [7, 11) is 0. The Balaban J connectivity index is 1.71. The highest BCUT2D eigenvalue weighted by atomic mass is 19.1. The quantitative estimate of drug-likeness (QED) is 0.743. The average Bonchev–Trinajstić information content (AvgIpc) is 2.61. The van der Waals surface area contributed by atoms with Crippen LogP contribution in [0.1, 0.15) is 6.92 Å². The lowest BCUT2D eigenvalue weighted by atomic mass is 10.3. The fraction of sp³-hybridized carbons (Fsp3) is 0.222. The molecule has 0 heterocycles. The largest absolute Gasteiger partial charge is 0.494 e. The van der Waals surface area contributed by atoms with Gasteiger partial charge in [-0.2, -0.15) is 0 Å². The molecule has 25 heavy (non-hydrogen) atoms. The molecule has 0 bridgehead atoms. The van der Waals surface area contributed by atoms with Crippen molar-refractivity contribution in [2.75, 3.05) is 25.1 Å². The topological polar surface area (TPSA) is 73.9 Å². The van der Waals surface area contributed by atoms with Crippen LogP contribution in [0.15, 0.2) is 48.5 Å². The molecule has 6 nitrogen and oxygen atoms in total. The fourth-order valence-corrected chi connectivity index (χ4v) is 1.88. The van der Waals surface area contributed by atoms with E-state index in [2.05, 4.69) is 5.32 Å². The Labute approximate surface area is 144 Å². The number of carbonyl (C=O) groups is 2. The Kier molecular flexibility index (Phi) is 6.76. The molecule has 0 radical (unpaired) electrons. The highest BCUT2D eigenvalue weighted by Gasteiger charge is 2.10. The van der Waals surface area contributed by atoms with E-state index in [0.717, 1.165) is 0 Å². The number of halogens is 1. The lowest BCUT2D eigenvalue weighted by Gasteiger charge is -2.09. The Morgan fingerprint density at radius 1 is 0.960 bits per heavy atom. The number of benzene rings is 2. The van der Waals surface area contributed by atoms with E-state index in [9.17, 15) is 14.0 Å². The van der Waals surface area contributed by atoms with Crippen molar-refractivity contribution in [2.24, 2.45) is 0 Å². The first-order valence-corrected chi connectivity index (χ1v) is 7.64. The Bertz CT molecular complexity index is 718. The Hall–Kier alpha value is -3.09. The predicted octanol–water partition coefficient (Wildman–Crippen LogP) is 2.79. The number of amides is 1. The summed E-state index contributed by atoms with van der Waals surface area (Å²) in [5.74, 6) is -0.753. The lowest BCUT2D eigenvalue weighted by Crippen LogP contribution is -2.24. The molecule has 1 amide bonds. The fourth-order valence-electron chi connectivity index (χ4n) is 1.88. The van der Waals surface area contributed by atoms with E-state index in [1.165, 1.54) is 18.2 Å². The monoisotopic (exact) mass is 347 g/mol. The number of anilines is 1. The van der Waals surface area contributed by atoms with Gasteiger partial charge in [0.15, 0.2) is 13.2 Å². The second-order valence-corrected chi connectivity index (χ2v) is 4.88. The summed E-state index contributed by atoms with van der Waals surface area (Å²) >= 11 is 0. The molecular weight excluding hydrogens is 329 g/mol. The van der Waals surface area contributed by atoms with Crippen LogP contribution in [-0.4, -0.2) is 31.7 Å². The van der Waals surface area contributed by atoms with Gasteiger partial charge < -0.3 is 19.5 Å². The van der Waals surface area contributed by atoms with E-state index in [1.54, 1.807) is 30.3 Å². The smallest absolute Gasteiger partial charge is 0.344 e. The number of hydrogen-bond acceptors (Lipinski definition) is 5. The zero-order chi connectivity index (χ0) is 18.1. The summed E-state index contributed by atoms with van der Waals surface area (Å²) in [5.41, 5.74) is 0.0224. The molecule has 2 aromatic rings. The van der Waals surface area contributed by atoms with Crippen LogP contribution in [0.25, 0.3) is 0 Å². The zero-order valence-corrected chi connectivity index (χ0v) is 13.7. The van der Waals surface area contributed by atoms with Crippen LogP contribution < -0.4 is 14.8 Å². The summed E-state index contributed by atoms with van der Waals surface area (Å²) in [6.07, 6.45) is 0. The number of carbonyl (C=O) groups excluding carboxylic acids is 2. The van der Waals surface area contributed by atoms with Crippen molar-refractivity contribution in [3.05, 3.63) is 54.3 Å². The van der Waals surface area contributed by atoms with Crippen molar-refractivity contribution >= 4 is 17.6 Å². The van der Waals surface area contributed by atoms with E-state index in [4.69, 9.17) is 14.2 Å². The predicted molar refractivity (Wildman–Crippen MR) is 89.1 cm³/mol. The van der Waals surface area contributed by atoms with Crippen molar-refractivity contribution in [2.45, 2.75) is 6.92 Å². The highest BCUT2D eigenvalue weighted by Crippen LogP contribution is 2.17. The summed E-state index contributed by atoms with van der Waals surface area (Å²) < 4.78 is 28.7. The number of hydrogen-bond donors (Lipinski definition) is 1. The van der Waals surface area contributed by atoms with Crippen LogP contribution in [0.3, 0.4) is 0 Å². The average molecular weight is 347 g/mol. The van der Waals surface area contributed by atoms with Crippen LogP contribution in [-0.2, 0) is 14.3 Å². The van der Waals surface area contributed by atoms with E-state index in [1.807, 2.05) is 6.92 Å². The van der Waals surface area contributed by atoms with Gasteiger partial charge in [-0.15, -0.1) is 0 Å². The molecule has 0 unspecified atom stereocenters. The molecule has 0 aliphatic carbocycles. The zero-order valence-electron chi connectivity index (χ0n) is 13.7. The molecule has 0 aromatic heterocycles. The molecule has 0 aliphatic rings. The SMILES string of the molecule is CCOc1ccc(OCC(=O)OCC(=O)Nc2ccccc2F)cc1. The molecule has 132 valence electrons. The van der Waals surface area contributed by atoms with Crippen molar-refractivity contribution in [3.63, 3.8) is 0 Å². The molecule has 0 saturated heterocycles. The Morgan fingerprint density at radius 2 is 1.60 bits per heavy atom. The molecule has 0 aliphatic heterocycles. The van der Waals surface area contributed by atoms with Crippen molar-refractivity contribution in [3.8, 4) is 11.5 Å². The first-order valence-electron chi connectivity index (χ1n) is 7.64. The van der Waals surface area contributed by atoms with Gasteiger partial charge in [-0.05, 0) is 43.3 Å². The van der Waals surface area contributed by atoms with Gasteiger partial charge in [0.1, 0.15) is 17.3 Å². The molecule has 1 N–H and O–H groups in total. The molecule has 2 rings (SSSR count). The molecule has 2 aromatic carbocycles. The van der Waals surface area contributed by atoms with Crippen LogP contribution in [0.4, 0.5) is 10.1 Å². The van der Waals surface area contributed by atoms with Crippen molar-refractivity contribution < 1.29 is 28.2 Å². The molecule has 0 spiro atoms. The van der Waals surface area contributed by atoms with Gasteiger partial charge in [0, 0.05) is 0 Å². The van der Waals surface area contributed by atoms with Gasteiger partial charge in [0.2, 0.25) is 0 Å². The summed E-state index contributed by atoms with van der Waals surface area (Å²) in [5, 5.41) is 2.31. The van der Waals surface area contributed by atoms with Crippen molar-refractivity contribution in [1.29, 1.82) is 0 Å². The van der Waals surface area contributed by atoms with Gasteiger partial charge in [-0.1, -0.05) is 12.1 Å². The summed E-state index contributed by atoms with van der Waals surface area (Å²) in [6, 6.07) is 12.4. The van der Waals surface area contributed by atoms with E-state index in [0.29, 0.717) is 18.1 Å². The summed E-state index contributed by atoms with van der Waals surface area (Å²) in [4.78, 5) is 23.2. The van der Waals surface area contributed by atoms with Crippen LogP contribution in [0.2, 0.25) is 0 Å². The van der Waals surface area contributed by atoms with E-state index in [-0.39, 0.29) is 12.3 Å². The second-order valence-electron chi connectivity index (χ2n) is 4.88. The minimum absolute atomic E-state index is 0.0224. The highest BCUT2D eigenvalue weighted by molar-refractivity contribution is 5.92. The number of esters is 1. The van der Waals surface area contributed by atoms with Crippen LogP contribution in [0, 0.1) is 5.82 Å². The maximum atomic E-state index is 13.4. The number of rotatable bonds is 8. The molecule has 0 atom stereocenters. The normalized spacial score (nSPS) is 10.0. The van der Waals surface area contributed by atoms with Crippen LogP contribution in [0.5, 0.6) is 11.5 Å². The van der Waals surface area contributed by atoms with Gasteiger partial charge >= 0.3 is 5.97 Å². The van der Waals surface area contributed by atoms with E-state index < -0.39 is 24.3 Å². The van der Waals surface area contributed by atoms with E-state index >= 15 is 0 Å². The van der Waals surface area contributed by atoms with Gasteiger partial charge in [-0.3, -0.25) is 4.79 Å². The number of ether oxygens (including phenoxy) is 3. The maximum Gasteiger partial charge on any atom is 0.344 e. The van der Waals surface area contributed by atoms with Gasteiger partial charge in [0.05, 0.1) is 12.3 Å². The van der Waals surface area contributed by atoms with Gasteiger partial charge in [0.25, 0.3) is 5.91 Å². The third kappa shape index (κ3) is 6.14. The third-order valence-electron chi connectivity index (χ3n) is 3.00. The number of para-hydroxylation sites is 1. The summed E-state index contributed by atoms with van der Waals surface area (Å²) in [6.45, 7) is 1.56. The first-order chi connectivity index (χ1) is 12.1. The van der Waals surface area contributed by atoms with Crippen LogP contribution >= 0.6 is 0 Å². The first kappa shape index (κ1) is 18.3. The molecule has 0 fully saturated rings. The minimum atomic E-state index is -0.711. The molecule has 0 saturated carbocycles. The third-order valence-corrected chi connectivity index (χ3v) is 3.00. The second kappa shape index (κ2) is 9.27. The maximum absolute atomic E-state index is 13.4. The molecular formula is C18H18FNO5. The Morgan fingerprint density at radius 3 is 2.24 bits per heavy atom. The lowest BCUT2D eigenvalue weighted by molar-refractivity contribution is -0.149. The van der Waals surface area contributed by atoms with Crippen molar-refractivity contribution in [1.82, 2.24) is 0 Å². The van der Waals surface area contributed by atoms with Gasteiger partial charge in [-0.25, -0.2) is 9.18 Å².